The molecule has 7 nitrogen and oxygen atoms in total. The Morgan fingerprint density at radius 1 is 0.943 bits per heavy atom. The van der Waals surface area contributed by atoms with Crippen molar-refractivity contribution in [1.82, 2.24) is 0 Å². The molecule has 0 saturated heterocycles. The highest BCUT2D eigenvalue weighted by Crippen LogP contribution is 2.37. The van der Waals surface area contributed by atoms with E-state index < -0.39 is 27.7 Å². The zero-order chi connectivity index (χ0) is 25.4. The van der Waals surface area contributed by atoms with E-state index in [1.54, 1.807) is 24.3 Å². The van der Waals surface area contributed by atoms with Crippen LogP contribution in [0, 0.1) is 0 Å². The van der Waals surface area contributed by atoms with Gasteiger partial charge in [0.1, 0.15) is 11.5 Å². The molecule has 0 aromatic heterocycles. The van der Waals surface area contributed by atoms with Crippen molar-refractivity contribution in [3.8, 4) is 11.5 Å². The van der Waals surface area contributed by atoms with Crippen molar-refractivity contribution in [1.29, 1.82) is 0 Å². The monoisotopic (exact) mass is 504 g/mol. The molecule has 3 aromatic rings. The van der Waals surface area contributed by atoms with Crippen molar-refractivity contribution in [2.45, 2.75) is 11.1 Å². The highest BCUT2D eigenvalue weighted by Gasteiger charge is 2.30. The second-order valence-corrected chi connectivity index (χ2v) is 9.19. The number of nitrogens with one attached hydrogen (secondary N) is 2. The van der Waals surface area contributed by atoms with Crippen LogP contribution in [0.5, 0.6) is 11.5 Å². The van der Waals surface area contributed by atoms with Gasteiger partial charge in [0.05, 0.1) is 24.7 Å². The predicted octanol–water partition coefficient (Wildman–Crippen LogP) is 5.02. The van der Waals surface area contributed by atoms with Gasteiger partial charge in [0, 0.05) is 28.1 Å². The first-order chi connectivity index (χ1) is 16.5. The number of halogens is 3. The molecule has 0 spiro atoms. The predicted molar refractivity (Wildman–Crippen MR) is 125 cm³/mol. The van der Waals surface area contributed by atoms with Gasteiger partial charge in [0.15, 0.2) is 0 Å². The number of ether oxygens (including phenoxy) is 2. The Morgan fingerprint density at radius 3 is 2.29 bits per heavy atom. The fourth-order valence-corrected chi connectivity index (χ4v) is 4.61. The molecule has 1 amide bonds. The number of carbonyl (C=O) groups excluding carboxylic acids is 1. The van der Waals surface area contributed by atoms with E-state index >= 15 is 0 Å². The molecule has 182 valence electrons. The summed E-state index contributed by atoms with van der Waals surface area (Å²) in [6, 6.07) is 12.7. The largest absolute Gasteiger partial charge is 0.497 e. The molecule has 4 rings (SSSR count). The first-order valence-electron chi connectivity index (χ1n) is 10.1. The smallest absolute Gasteiger partial charge is 0.416 e. The maximum Gasteiger partial charge on any atom is 0.416 e. The van der Waals surface area contributed by atoms with Crippen LogP contribution in [-0.2, 0) is 21.0 Å². The lowest BCUT2D eigenvalue weighted by atomic mass is 10.0. The van der Waals surface area contributed by atoms with Crippen LogP contribution in [0.3, 0.4) is 0 Å². The normalized spacial score (nSPS) is 14.4. The molecular formula is C24H19F3N2O5S. The van der Waals surface area contributed by atoms with E-state index in [1.807, 2.05) is 0 Å². The van der Waals surface area contributed by atoms with E-state index in [1.165, 1.54) is 32.4 Å². The molecule has 0 saturated carbocycles. The maximum absolute atomic E-state index is 12.9. The van der Waals surface area contributed by atoms with E-state index in [0.717, 1.165) is 24.3 Å². The summed E-state index contributed by atoms with van der Waals surface area (Å²) in [7, 11) is -1.19. The highest BCUT2D eigenvalue weighted by atomic mass is 32.2. The van der Waals surface area contributed by atoms with Gasteiger partial charge in [-0.2, -0.15) is 13.2 Å². The number of hydrogen-bond donors (Lipinski definition) is 2. The summed E-state index contributed by atoms with van der Waals surface area (Å²) < 4.78 is 77.0. The van der Waals surface area contributed by atoms with E-state index in [4.69, 9.17) is 9.47 Å². The van der Waals surface area contributed by atoms with Crippen LogP contribution >= 0.6 is 0 Å². The summed E-state index contributed by atoms with van der Waals surface area (Å²) in [5, 5.41) is 2.68. The standard InChI is InChI=1S/C24H19F3N2O5S/c1-33-17-7-10-22(34-2)14(11-17)12-20-19-13-18(8-9-21(19)28-23(20)30)35(31,32)29-16-5-3-15(4-6-16)24(25,26)27/h3-13,29H,1-2H3,(H,28,30). The second-order valence-electron chi connectivity index (χ2n) is 7.51. The van der Waals surface area contributed by atoms with Gasteiger partial charge in [0.2, 0.25) is 0 Å². The number of sulfonamides is 1. The third-order valence-electron chi connectivity index (χ3n) is 5.29. The molecule has 0 bridgehead atoms. The van der Waals surface area contributed by atoms with Crippen molar-refractivity contribution in [3.63, 3.8) is 0 Å². The maximum atomic E-state index is 12.9. The van der Waals surface area contributed by atoms with Crippen LogP contribution in [0.25, 0.3) is 11.6 Å². The second kappa shape index (κ2) is 8.99. The minimum absolute atomic E-state index is 0.0374. The number of rotatable bonds is 6. The Bertz CT molecular complexity index is 1430. The van der Waals surface area contributed by atoms with Gasteiger partial charge in [-0.1, -0.05) is 0 Å². The number of alkyl halides is 3. The van der Waals surface area contributed by atoms with Crippen molar-refractivity contribution >= 4 is 39.0 Å². The number of hydrogen-bond acceptors (Lipinski definition) is 5. The fourth-order valence-electron chi connectivity index (χ4n) is 3.53. The summed E-state index contributed by atoms with van der Waals surface area (Å²) in [4.78, 5) is 12.5. The Labute approximate surface area is 199 Å². The first kappa shape index (κ1) is 24.1. The van der Waals surface area contributed by atoms with Crippen LogP contribution in [0.1, 0.15) is 16.7 Å². The van der Waals surface area contributed by atoms with Crippen molar-refractivity contribution in [3.05, 3.63) is 77.4 Å². The number of amides is 1. The number of methoxy groups -OCH3 is 2. The third-order valence-corrected chi connectivity index (χ3v) is 6.66. The zero-order valence-electron chi connectivity index (χ0n) is 18.4. The first-order valence-corrected chi connectivity index (χ1v) is 11.6. The van der Waals surface area contributed by atoms with Gasteiger partial charge in [-0.05, 0) is 66.7 Å². The summed E-state index contributed by atoms with van der Waals surface area (Å²) in [6.45, 7) is 0. The van der Waals surface area contributed by atoms with Crippen LogP contribution in [0.4, 0.5) is 24.5 Å². The lowest BCUT2D eigenvalue weighted by molar-refractivity contribution is -0.137. The van der Waals surface area contributed by atoms with Crippen LogP contribution in [-0.4, -0.2) is 28.5 Å². The lowest BCUT2D eigenvalue weighted by Crippen LogP contribution is -2.13. The number of fused-ring (bicyclic) bond motifs is 1. The Kier molecular flexibility index (Phi) is 6.20. The summed E-state index contributed by atoms with van der Waals surface area (Å²) in [6.07, 6.45) is -2.98. The molecule has 1 aliphatic rings. The minimum Gasteiger partial charge on any atom is -0.497 e. The van der Waals surface area contributed by atoms with Crippen molar-refractivity contribution < 1.29 is 35.9 Å². The highest BCUT2D eigenvalue weighted by molar-refractivity contribution is 7.92. The van der Waals surface area contributed by atoms with Crippen LogP contribution in [0.2, 0.25) is 0 Å². The zero-order valence-corrected chi connectivity index (χ0v) is 19.3. The molecule has 0 atom stereocenters. The summed E-state index contributed by atoms with van der Waals surface area (Å²) in [5.74, 6) is 0.579. The molecule has 0 fully saturated rings. The average Bonchev–Trinajstić information content (AvgIpc) is 3.12. The molecule has 3 aromatic carbocycles. The SMILES string of the molecule is COc1ccc(OC)c(C=C2C(=O)Nc3ccc(S(=O)(=O)Nc4ccc(C(F)(F)F)cc4)cc32)c1. The van der Waals surface area contributed by atoms with E-state index in [0.29, 0.717) is 28.3 Å². The molecule has 0 unspecified atom stereocenters. The molecule has 0 aliphatic carbocycles. The lowest BCUT2D eigenvalue weighted by Gasteiger charge is -2.11. The molecule has 1 heterocycles. The van der Waals surface area contributed by atoms with Crippen LogP contribution < -0.4 is 19.5 Å². The van der Waals surface area contributed by atoms with Gasteiger partial charge < -0.3 is 14.8 Å². The summed E-state index contributed by atoms with van der Waals surface area (Å²) in [5.41, 5.74) is 0.570. The Morgan fingerprint density at radius 2 is 1.66 bits per heavy atom. The van der Waals surface area contributed by atoms with Gasteiger partial charge in [-0.25, -0.2) is 8.42 Å². The Hall–Kier alpha value is -3.99. The minimum atomic E-state index is -4.54. The average molecular weight is 504 g/mol. The van der Waals surface area contributed by atoms with E-state index in [9.17, 15) is 26.4 Å². The molecule has 2 N–H and O–H groups in total. The molecule has 11 heteroatoms. The number of carbonyl (C=O) groups is 1. The molecule has 35 heavy (non-hydrogen) atoms. The van der Waals surface area contributed by atoms with Gasteiger partial charge in [-0.3, -0.25) is 9.52 Å². The van der Waals surface area contributed by atoms with Gasteiger partial charge in [0.25, 0.3) is 15.9 Å². The van der Waals surface area contributed by atoms with Gasteiger partial charge in [-0.15, -0.1) is 0 Å². The molecule has 1 aliphatic heterocycles. The van der Waals surface area contributed by atoms with E-state index in [-0.39, 0.29) is 16.2 Å². The molecular weight excluding hydrogens is 485 g/mol. The van der Waals surface area contributed by atoms with Crippen molar-refractivity contribution in [2.75, 3.05) is 24.3 Å². The molecule has 0 radical (unpaired) electrons. The third kappa shape index (κ3) is 4.94. The summed E-state index contributed by atoms with van der Waals surface area (Å²) >= 11 is 0. The number of anilines is 2. The number of benzene rings is 3. The quantitative estimate of drug-likeness (QED) is 0.460. The fraction of sp³-hybridized carbons (Fsp3) is 0.125. The van der Waals surface area contributed by atoms with Crippen LogP contribution in [0.15, 0.2) is 65.6 Å². The topological polar surface area (TPSA) is 93.7 Å². The van der Waals surface area contributed by atoms with Gasteiger partial charge >= 0.3 is 6.18 Å². The Balaban J connectivity index is 1.69. The van der Waals surface area contributed by atoms with E-state index in [2.05, 4.69) is 10.0 Å². The van der Waals surface area contributed by atoms with Crippen molar-refractivity contribution in [2.24, 2.45) is 0 Å².